The second kappa shape index (κ2) is 7.23. The van der Waals surface area contributed by atoms with Crippen LogP contribution in [0.3, 0.4) is 0 Å². The molecule has 1 amide bonds. The molecule has 2 N–H and O–H groups in total. The van der Waals surface area contributed by atoms with Crippen molar-refractivity contribution in [3.8, 4) is 0 Å². The van der Waals surface area contributed by atoms with Crippen molar-refractivity contribution < 1.29 is 14.5 Å². The van der Waals surface area contributed by atoms with Crippen LogP contribution in [0.1, 0.15) is 53.9 Å². The van der Waals surface area contributed by atoms with Gasteiger partial charge in [-0.05, 0) is 59.8 Å². The van der Waals surface area contributed by atoms with Gasteiger partial charge in [-0.25, -0.2) is 4.79 Å². The summed E-state index contributed by atoms with van der Waals surface area (Å²) in [5, 5.41) is 9.26. The molecule has 1 heterocycles. The smallest absolute Gasteiger partial charge is 0.407 e. The summed E-state index contributed by atoms with van der Waals surface area (Å²) in [6.45, 7) is 14.1. The number of amides is 1. The van der Waals surface area contributed by atoms with E-state index in [1.54, 1.807) is 6.08 Å². The fraction of sp³-hybridized carbons (Fsp3) is 0.812. The third kappa shape index (κ3) is 5.18. The highest BCUT2D eigenvalue weighted by atomic mass is 32.2. The van der Waals surface area contributed by atoms with Crippen LogP contribution in [0.15, 0.2) is 12.7 Å². The number of rotatable bonds is 6. The van der Waals surface area contributed by atoms with Gasteiger partial charge in [0, 0.05) is 23.4 Å². The standard InChI is InChI=1S/C16H30N2O3S/c1-7-13(17-22(21)15(2,3)4)9-8-12-10-16(5,6)18(11-12)14(19)20/h7,12-13,17H,1,8-11H2,2-6H3,(H,19,20)/t12-,13?,22?/m0/s1. The molecule has 0 aromatic carbocycles. The fourth-order valence-corrected chi connectivity index (χ4v) is 3.71. The summed E-state index contributed by atoms with van der Waals surface area (Å²) in [6.07, 6.45) is 3.53. The maximum Gasteiger partial charge on any atom is 0.407 e. The van der Waals surface area contributed by atoms with Gasteiger partial charge in [0.1, 0.15) is 4.75 Å². The molecular weight excluding hydrogens is 300 g/mol. The summed E-state index contributed by atoms with van der Waals surface area (Å²) in [4.78, 5) is 12.8. The highest BCUT2D eigenvalue weighted by molar-refractivity contribution is 7.90. The lowest BCUT2D eigenvalue weighted by molar-refractivity contribution is 0.117. The first-order valence-electron chi connectivity index (χ1n) is 7.78. The molecule has 128 valence electrons. The van der Waals surface area contributed by atoms with Crippen LogP contribution in [0.2, 0.25) is 0 Å². The lowest BCUT2D eigenvalue weighted by Gasteiger charge is -2.28. The summed E-state index contributed by atoms with van der Waals surface area (Å²) in [7, 11) is 0. The number of nitrogens with one attached hydrogen (secondary N) is 1. The molecule has 1 aliphatic rings. The Hall–Kier alpha value is -0.720. The van der Waals surface area contributed by atoms with Crippen LogP contribution >= 0.6 is 0 Å². The van der Waals surface area contributed by atoms with Crippen molar-refractivity contribution in [3.05, 3.63) is 12.7 Å². The van der Waals surface area contributed by atoms with Crippen molar-refractivity contribution in [2.75, 3.05) is 6.54 Å². The van der Waals surface area contributed by atoms with Gasteiger partial charge in [0.15, 0.2) is 0 Å². The normalized spacial score (nSPS) is 24.1. The van der Waals surface area contributed by atoms with E-state index >= 15 is 0 Å². The first-order valence-corrected chi connectivity index (χ1v) is 8.93. The van der Waals surface area contributed by atoms with E-state index in [4.69, 9.17) is 0 Å². The van der Waals surface area contributed by atoms with E-state index in [-0.39, 0.29) is 16.3 Å². The van der Waals surface area contributed by atoms with Crippen LogP contribution in [0, 0.1) is 5.92 Å². The molecule has 0 radical (unpaired) electrons. The molecule has 0 aromatic heterocycles. The second-order valence-corrected chi connectivity index (χ2v) is 9.69. The Kier molecular flexibility index (Phi) is 6.36. The summed E-state index contributed by atoms with van der Waals surface area (Å²) in [5.74, 6) is 0.346. The van der Waals surface area contributed by atoms with Gasteiger partial charge < -0.3 is 14.6 Å². The van der Waals surface area contributed by atoms with E-state index < -0.39 is 17.5 Å². The molecule has 22 heavy (non-hydrogen) atoms. The molecule has 0 saturated carbocycles. The molecule has 1 fully saturated rings. The summed E-state index contributed by atoms with van der Waals surface area (Å²) in [6, 6.07) is -0.0120. The first kappa shape index (κ1) is 19.3. The maximum atomic E-state index is 12.1. The van der Waals surface area contributed by atoms with Gasteiger partial charge in [0.05, 0.1) is 6.04 Å². The van der Waals surface area contributed by atoms with Crippen molar-refractivity contribution >= 4 is 17.5 Å². The Morgan fingerprint density at radius 3 is 2.59 bits per heavy atom. The topological polar surface area (TPSA) is 75.6 Å². The van der Waals surface area contributed by atoms with E-state index in [0.717, 1.165) is 19.3 Å². The van der Waals surface area contributed by atoms with E-state index in [1.807, 2.05) is 34.6 Å². The molecular formula is C16H30N2O3S. The largest absolute Gasteiger partial charge is 0.598 e. The van der Waals surface area contributed by atoms with Crippen LogP contribution in [0.4, 0.5) is 4.79 Å². The lowest BCUT2D eigenvalue weighted by atomic mass is 9.92. The Balaban J connectivity index is 2.51. The van der Waals surface area contributed by atoms with E-state index in [0.29, 0.717) is 12.5 Å². The molecule has 0 aliphatic carbocycles. The fourth-order valence-electron chi connectivity index (χ4n) is 2.87. The first-order chi connectivity index (χ1) is 9.97. The van der Waals surface area contributed by atoms with Gasteiger partial charge in [0.25, 0.3) is 0 Å². The predicted molar refractivity (Wildman–Crippen MR) is 91.2 cm³/mol. The average molecular weight is 330 g/mol. The Morgan fingerprint density at radius 2 is 2.18 bits per heavy atom. The molecule has 1 rings (SSSR count). The lowest BCUT2D eigenvalue weighted by Crippen LogP contribution is -2.44. The van der Waals surface area contributed by atoms with Crippen LogP contribution in [0.5, 0.6) is 0 Å². The van der Waals surface area contributed by atoms with Gasteiger partial charge in [0.2, 0.25) is 0 Å². The van der Waals surface area contributed by atoms with E-state index in [1.165, 1.54) is 4.90 Å². The quantitative estimate of drug-likeness (QED) is 0.579. The predicted octanol–water partition coefficient (Wildman–Crippen LogP) is 3.15. The van der Waals surface area contributed by atoms with Crippen LogP contribution in [-0.2, 0) is 11.4 Å². The molecule has 0 bridgehead atoms. The third-order valence-electron chi connectivity index (χ3n) is 4.18. The molecule has 0 spiro atoms. The van der Waals surface area contributed by atoms with Gasteiger partial charge in [-0.1, -0.05) is 6.08 Å². The number of nitrogens with zero attached hydrogens (tertiary/aromatic N) is 1. The minimum atomic E-state index is -1.13. The maximum absolute atomic E-state index is 12.1. The van der Waals surface area contributed by atoms with Gasteiger partial charge in [-0.3, -0.25) is 0 Å². The zero-order valence-corrected chi connectivity index (χ0v) is 15.2. The number of hydrogen-bond acceptors (Lipinski definition) is 3. The van der Waals surface area contributed by atoms with Crippen molar-refractivity contribution in [1.29, 1.82) is 0 Å². The highest BCUT2D eigenvalue weighted by Gasteiger charge is 2.41. The Morgan fingerprint density at radius 1 is 1.59 bits per heavy atom. The second-order valence-electron chi connectivity index (χ2n) is 7.69. The monoisotopic (exact) mass is 330 g/mol. The number of carboxylic acid groups (broad SMARTS) is 1. The van der Waals surface area contributed by atoms with Crippen LogP contribution in [-0.4, -0.2) is 43.5 Å². The zero-order valence-electron chi connectivity index (χ0n) is 14.4. The molecule has 0 aromatic rings. The summed E-state index contributed by atoms with van der Waals surface area (Å²) < 4.78 is 14.9. The molecule has 1 saturated heterocycles. The summed E-state index contributed by atoms with van der Waals surface area (Å²) >= 11 is -1.13. The Bertz CT molecular complexity index is 407. The van der Waals surface area contributed by atoms with Crippen LogP contribution < -0.4 is 4.72 Å². The number of hydrogen-bond donors (Lipinski definition) is 2. The van der Waals surface area contributed by atoms with E-state index in [2.05, 4.69) is 11.3 Å². The van der Waals surface area contributed by atoms with Crippen LogP contribution in [0.25, 0.3) is 0 Å². The minimum absolute atomic E-state index is 0.0120. The molecule has 2 unspecified atom stereocenters. The van der Waals surface area contributed by atoms with Crippen molar-refractivity contribution in [3.63, 3.8) is 0 Å². The van der Waals surface area contributed by atoms with Crippen molar-refractivity contribution in [2.45, 2.75) is 70.2 Å². The zero-order chi connectivity index (χ0) is 17.1. The molecule has 5 nitrogen and oxygen atoms in total. The minimum Gasteiger partial charge on any atom is -0.598 e. The van der Waals surface area contributed by atoms with Gasteiger partial charge >= 0.3 is 6.09 Å². The van der Waals surface area contributed by atoms with Gasteiger partial charge in [-0.15, -0.1) is 11.3 Å². The number of likely N-dealkylation sites (tertiary alicyclic amines) is 1. The van der Waals surface area contributed by atoms with Gasteiger partial charge in [-0.2, -0.15) is 0 Å². The summed E-state index contributed by atoms with van der Waals surface area (Å²) in [5.41, 5.74) is -0.304. The van der Waals surface area contributed by atoms with Crippen molar-refractivity contribution in [1.82, 2.24) is 9.62 Å². The molecule has 6 heteroatoms. The SMILES string of the molecule is C=CC(CC[C@@H]1CN(C(=O)O)C(C)(C)C1)N[S+]([O-])C(C)(C)C. The average Bonchev–Trinajstić information content (AvgIpc) is 2.68. The van der Waals surface area contributed by atoms with Crippen molar-refractivity contribution in [2.24, 2.45) is 5.92 Å². The number of carbonyl (C=O) groups is 1. The molecule has 3 atom stereocenters. The highest BCUT2D eigenvalue weighted by Crippen LogP contribution is 2.35. The van der Waals surface area contributed by atoms with E-state index in [9.17, 15) is 14.5 Å². The third-order valence-corrected chi connectivity index (χ3v) is 5.80. The Labute approximate surface area is 137 Å². The molecule has 1 aliphatic heterocycles.